The molecule has 142 valence electrons. The molecule has 1 aliphatic heterocycles. The first-order valence-corrected chi connectivity index (χ1v) is 9.78. The molecule has 0 atom stereocenters. The van der Waals surface area contributed by atoms with E-state index >= 15 is 0 Å². The van der Waals surface area contributed by atoms with Gasteiger partial charge in [-0.25, -0.2) is 4.39 Å². The smallest absolute Gasteiger partial charge is 0.253 e. The van der Waals surface area contributed by atoms with Gasteiger partial charge < -0.3 is 9.80 Å². The predicted molar refractivity (Wildman–Crippen MR) is 106 cm³/mol. The van der Waals surface area contributed by atoms with E-state index in [1.807, 2.05) is 31.3 Å². The third-order valence-corrected chi connectivity index (χ3v) is 5.74. The van der Waals surface area contributed by atoms with Crippen LogP contribution >= 0.6 is 15.9 Å². The van der Waals surface area contributed by atoms with Gasteiger partial charge in [0.05, 0.1) is 0 Å². The Balaban J connectivity index is 1.55. The van der Waals surface area contributed by atoms with E-state index in [0.29, 0.717) is 38.0 Å². The fourth-order valence-electron chi connectivity index (χ4n) is 3.38. The van der Waals surface area contributed by atoms with Gasteiger partial charge in [-0.2, -0.15) is 0 Å². The van der Waals surface area contributed by atoms with E-state index in [1.165, 1.54) is 24.3 Å². The molecule has 27 heavy (non-hydrogen) atoms. The van der Waals surface area contributed by atoms with Crippen LogP contribution in [0.15, 0.2) is 53.0 Å². The van der Waals surface area contributed by atoms with Crippen LogP contribution in [0.3, 0.4) is 0 Å². The molecule has 2 aromatic rings. The zero-order chi connectivity index (χ0) is 19.4. The molecule has 2 aromatic carbocycles. The number of nitrogens with zero attached hydrogens (tertiary/aromatic N) is 2. The molecular formula is C21H22BrFN2O2. The second kappa shape index (κ2) is 8.65. The van der Waals surface area contributed by atoms with Crippen molar-refractivity contribution in [1.82, 2.24) is 9.80 Å². The summed E-state index contributed by atoms with van der Waals surface area (Å²) in [7, 11) is 1.82. The molecule has 1 saturated heterocycles. The molecular weight excluding hydrogens is 411 g/mol. The molecule has 0 spiro atoms. The Morgan fingerprint density at radius 2 is 1.74 bits per heavy atom. The molecule has 0 bridgehead atoms. The zero-order valence-electron chi connectivity index (χ0n) is 15.2. The number of carbonyl (C=O) groups is 2. The summed E-state index contributed by atoms with van der Waals surface area (Å²) in [6.07, 6.45) is 1.29. The normalized spacial score (nSPS) is 14.9. The van der Waals surface area contributed by atoms with E-state index < -0.39 is 0 Å². The summed E-state index contributed by atoms with van der Waals surface area (Å²) in [6.45, 7) is 1.62. The molecule has 0 N–H and O–H groups in total. The van der Waals surface area contributed by atoms with Crippen LogP contribution < -0.4 is 0 Å². The topological polar surface area (TPSA) is 40.6 Å². The highest BCUT2D eigenvalue weighted by Crippen LogP contribution is 2.23. The summed E-state index contributed by atoms with van der Waals surface area (Å²) in [6, 6.07) is 13.5. The molecule has 4 nitrogen and oxygen atoms in total. The summed E-state index contributed by atoms with van der Waals surface area (Å²) in [5, 5.41) is 0. The van der Waals surface area contributed by atoms with Crippen molar-refractivity contribution >= 4 is 27.7 Å². The third-order valence-electron chi connectivity index (χ3n) is 4.96. The minimum absolute atomic E-state index is 0.0743. The van der Waals surface area contributed by atoms with Crippen molar-refractivity contribution in [2.24, 2.45) is 5.92 Å². The molecule has 3 rings (SSSR count). The van der Waals surface area contributed by atoms with Crippen LogP contribution in [-0.2, 0) is 11.3 Å². The Hall–Kier alpha value is -2.21. The van der Waals surface area contributed by atoms with Gasteiger partial charge in [0.1, 0.15) is 5.82 Å². The summed E-state index contributed by atoms with van der Waals surface area (Å²) >= 11 is 3.51. The van der Waals surface area contributed by atoms with Crippen molar-refractivity contribution in [3.8, 4) is 0 Å². The van der Waals surface area contributed by atoms with E-state index in [-0.39, 0.29) is 23.5 Å². The molecule has 2 amide bonds. The second-order valence-electron chi connectivity index (χ2n) is 6.86. The first kappa shape index (κ1) is 19.5. The maximum atomic E-state index is 13.0. The van der Waals surface area contributed by atoms with Crippen molar-refractivity contribution in [2.45, 2.75) is 19.4 Å². The highest BCUT2D eigenvalue weighted by atomic mass is 79.9. The fraction of sp³-hybridized carbons (Fsp3) is 0.333. The van der Waals surface area contributed by atoms with Crippen molar-refractivity contribution in [2.75, 3.05) is 20.1 Å². The number of piperidine rings is 1. The van der Waals surface area contributed by atoms with E-state index in [1.54, 1.807) is 9.80 Å². The van der Waals surface area contributed by atoms with Gasteiger partial charge in [0.25, 0.3) is 5.91 Å². The molecule has 6 heteroatoms. The largest absolute Gasteiger partial charge is 0.341 e. The Bertz CT molecular complexity index is 817. The lowest BCUT2D eigenvalue weighted by molar-refractivity contribution is -0.136. The van der Waals surface area contributed by atoms with E-state index in [0.717, 1.165) is 10.0 Å². The number of likely N-dealkylation sites (tertiary alicyclic amines) is 1. The van der Waals surface area contributed by atoms with Crippen LogP contribution in [0.2, 0.25) is 0 Å². The van der Waals surface area contributed by atoms with Crippen molar-refractivity contribution < 1.29 is 14.0 Å². The van der Waals surface area contributed by atoms with Crippen molar-refractivity contribution in [1.29, 1.82) is 0 Å². The molecule has 0 aromatic heterocycles. The number of amides is 2. The number of halogens is 2. The first-order valence-electron chi connectivity index (χ1n) is 8.99. The summed E-state index contributed by atoms with van der Waals surface area (Å²) < 4.78 is 14.0. The van der Waals surface area contributed by atoms with Crippen molar-refractivity contribution in [3.05, 3.63) is 69.9 Å². The van der Waals surface area contributed by atoms with Crippen LogP contribution in [0.25, 0.3) is 0 Å². The average molecular weight is 433 g/mol. The fourth-order valence-corrected chi connectivity index (χ4v) is 3.79. The average Bonchev–Trinajstić information content (AvgIpc) is 2.69. The molecule has 0 aliphatic carbocycles. The van der Waals surface area contributed by atoms with Gasteiger partial charge in [0.2, 0.25) is 5.91 Å². The molecule has 1 fully saturated rings. The van der Waals surface area contributed by atoms with Gasteiger partial charge in [-0.3, -0.25) is 9.59 Å². The van der Waals surface area contributed by atoms with E-state index in [9.17, 15) is 14.0 Å². The maximum absolute atomic E-state index is 13.0. The van der Waals surface area contributed by atoms with Crippen LogP contribution in [-0.4, -0.2) is 41.8 Å². The third kappa shape index (κ3) is 4.75. The summed E-state index contributed by atoms with van der Waals surface area (Å²) in [5.41, 5.74) is 1.55. The molecule has 0 unspecified atom stereocenters. The lowest BCUT2D eigenvalue weighted by Crippen LogP contribution is -2.43. The quantitative estimate of drug-likeness (QED) is 0.729. The van der Waals surface area contributed by atoms with E-state index in [2.05, 4.69) is 15.9 Å². The first-order chi connectivity index (χ1) is 13.0. The van der Waals surface area contributed by atoms with Gasteiger partial charge in [0.15, 0.2) is 0 Å². The number of benzene rings is 2. The lowest BCUT2D eigenvalue weighted by atomic mass is 9.94. The summed E-state index contributed by atoms with van der Waals surface area (Å²) in [5.74, 6) is -0.430. The number of hydrogen-bond donors (Lipinski definition) is 0. The highest BCUT2D eigenvalue weighted by molar-refractivity contribution is 9.10. The molecule has 0 saturated carbocycles. The van der Waals surface area contributed by atoms with Crippen LogP contribution in [0.1, 0.15) is 28.8 Å². The van der Waals surface area contributed by atoms with Gasteiger partial charge in [-0.15, -0.1) is 0 Å². The summed E-state index contributed by atoms with van der Waals surface area (Å²) in [4.78, 5) is 28.8. The van der Waals surface area contributed by atoms with E-state index in [4.69, 9.17) is 0 Å². The lowest BCUT2D eigenvalue weighted by Gasteiger charge is -2.33. The van der Waals surface area contributed by atoms with Crippen LogP contribution in [0, 0.1) is 11.7 Å². The maximum Gasteiger partial charge on any atom is 0.253 e. The Kier molecular flexibility index (Phi) is 6.26. The standard InChI is InChI=1S/C21H22BrFN2O2/c1-24(14-17-4-2-3-5-19(17)22)20(26)16-10-12-25(13-11-16)21(27)15-6-8-18(23)9-7-15/h2-9,16H,10-14H2,1H3. The molecule has 1 aliphatic rings. The number of rotatable bonds is 4. The van der Waals surface area contributed by atoms with Crippen LogP contribution in [0.4, 0.5) is 4.39 Å². The highest BCUT2D eigenvalue weighted by Gasteiger charge is 2.29. The Morgan fingerprint density at radius 1 is 1.11 bits per heavy atom. The van der Waals surface area contributed by atoms with Crippen molar-refractivity contribution in [3.63, 3.8) is 0 Å². The zero-order valence-corrected chi connectivity index (χ0v) is 16.8. The van der Waals surface area contributed by atoms with Gasteiger partial charge in [0, 0.05) is 42.6 Å². The second-order valence-corrected chi connectivity index (χ2v) is 7.71. The Labute approximate surface area is 167 Å². The van der Waals surface area contributed by atoms with Crippen LogP contribution in [0.5, 0.6) is 0 Å². The number of hydrogen-bond acceptors (Lipinski definition) is 2. The van der Waals surface area contributed by atoms with Gasteiger partial charge in [-0.1, -0.05) is 34.1 Å². The van der Waals surface area contributed by atoms with Gasteiger partial charge >= 0.3 is 0 Å². The van der Waals surface area contributed by atoms with Gasteiger partial charge in [-0.05, 0) is 48.7 Å². The SMILES string of the molecule is CN(Cc1ccccc1Br)C(=O)C1CCN(C(=O)c2ccc(F)cc2)CC1. The monoisotopic (exact) mass is 432 g/mol. The molecule has 0 radical (unpaired) electrons. The minimum Gasteiger partial charge on any atom is -0.341 e. The minimum atomic E-state index is -0.357. The Morgan fingerprint density at radius 3 is 2.37 bits per heavy atom. The predicted octanol–water partition coefficient (Wildman–Crippen LogP) is 4.10. The molecule has 1 heterocycles. The number of carbonyl (C=O) groups excluding carboxylic acids is 2.